The van der Waals surface area contributed by atoms with Gasteiger partial charge in [0, 0.05) is 76.6 Å². The van der Waals surface area contributed by atoms with Gasteiger partial charge in [-0.25, -0.2) is 4.98 Å². The largest absolute Gasteiger partial charge is 0.434 e. The van der Waals surface area contributed by atoms with Crippen molar-refractivity contribution in [3.63, 3.8) is 0 Å². The van der Waals surface area contributed by atoms with Gasteiger partial charge in [-0.05, 0) is 31.4 Å². The van der Waals surface area contributed by atoms with Gasteiger partial charge < -0.3 is 14.7 Å². The third-order valence-electron chi connectivity index (χ3n) is 8.77. The number of piperazine rings is 1. The summed E-state index contributed by atoms with van der Waals surface area (Å²) in [5, 5.41) is 23.4. The highest BCUT2D eigenvalue weighted by atomic mass is 19.4. The average Bonchev–Trinajstić information content (AvgIpc) is 3.28. The highest BCUT2D eigenvalue weighted by molar-refractivity contribution is 5.87. The van der Waals surface area contributed by atoms with Gasteiger partial charge in [0.05, 0.1) is 30.4 Å². The lowest BCUT2D eigenvalue weighted by atomic mass is 9.91. The van der Waals surface area contributed by atoms with Gasteiger partial charge in [0.15, 0.2) is 5.69 Å². The Morgan fingerprint density at radius 2 is 1.86 bits per heavy atom. The topological polar surface area (TPSA) is 108 Å². The van der Waals surface area contributed by atoms with E-state index in [9.17, 15) is 28.5 Å². The van der Waals surface area contributed by atoms with Crippen molar-refractivity contribution in [3.8, 4) is 12.1 Å². The van der Waals surface area contributed by atoms with Gasteiger partial charge in [-0.1, -0.05) is 6.58 Å². The van der Waals surface area contributed by atoms with Crippen molar-refractivity contribution in [2.45, 2.75) is 50.4 Å². The van der Waals surface area contributed by atoms with Gasteiger partial charge in [0.2, 0.25) is 5.91 Å². The fraction of sp³-hybridized carbons (Fsp3) is 0.552. The smallest absolute Gasteiger partial charge is 0.367 e. The van der Waals surface area contributed by atoms with Crippen molar-refractivity contribution in [3.05, 3.63) is 47.4 Å². The summed E-state index contributed by atoms with van der Waals surface area (Å²) in [4.78, 5) is 23.7. The van der Waals surface area contributed by atoms with Crippen molar-refractivity contribution >= 4 is 17.4 Å². The number of pyridine rings is 1. The standard InChI is InChI=1S/C29H34F3N9O/c1-4-26(42)41-12-11-39(16-21(41)5-8-33)22-17-40(18-22)24-13-25(36-28(23(24)14-34)29(30,31)32)38-9-6-20(7-10-38)27-19(2)15-35-37(27)3/h4,13,15,20-22H,1,5-7,9-12,16-18H2,2-3H3/t21-/m0/s1. The zero-order valence-corrected chi connectivity index (χ0v) is 23.8. The number of halogens is 3. The van der Waals surface area contributed by atoms with Crippen LogP contribution in [-0.4, -0.2) is 88.4 Å². The summed E-state index contributed by atoms with van der Waals surface area (Å²) in [6.07, 6.45) is 0.00347. The van der Waals surface area contributed by atoms with E-state index in [4.69, 9.17) is 0 Å². The quantitative estimate of drug-likeness (QED) is 0.479. The molecular formula is C29H34F3N9O. The Morgan fingerprint density at radius 1 is 1.14 bits per heavy atom. The molecule has 1 amide bonds. The van der Waals surface area contributed by atoms with E-state index in [0.29, 0.717) is 45.8 Å². The maximum absolute atomic E-state index is 14.2. The monoisotopic (exact) mass is 581 g/mol. The van der Waals surface area contributed by atoms with E-state index in [1.54, 1.807) is 21.9 Å². The van der Waals surface area contributed by atoms with Crippen LogP contribution in [0.5, 0.6) is 0 Å². The molecular weight excluding hydrogens is 547 g/mol. The maximum atomic E-state index is 14.2. The number of hydrogen-bond acceptors (Lipinski definition) is 8. The van der Waals surface area contributed by atoms with E-state index in [2.05, 4.69) is 27.6 Å². The Bertz CT molecular complexity index is 1410. The van der Waals surface area contributed by atoms with Crippen LogP contribution < -0.4 is 9.80 Å². The van der Waals surface area contributed by atoms with Crippen molar-refractivity contribution in [1.82, 2.24) is 24.6 Å². The van der Waals surface area contributed by atoms with Gasteiger partial charge in [-0.2, -0.15) is 28.8 Å². The van der Waals surface area contributed by atoms with Crippen LogP contribution in [0.1, 0.15) is 47.7 Å². The number of carbonyl (C=O) groups excluding carboxylic acids is 1. The Morgan fingerprint density at radius 3 is 2.43 bits per heavy atom. The Kier molecular flexibility index (Phi) is 8.15. The number of aryl methyl sites for hydroxylation is 2. The maximum Gasteiger partial charge on any atom is 0.434 e. The lowest BCUT2D eigenvalue weighted by Gasteiger charge is -2.51. The normalized spacial score (nSPS) is 20.6. The molecule has 5 heterocycles. The Hall–Kier alpha value is -4.10. The zero-order valence-electron chi connectivity index (χ0n) is 23.8. The van der Waals surface area contributed by atoms with E-state index in [1.807, 2.05) is 29.7 Å². The molecule has 0 saturated carbocycles. The highest BCUT2D eigenvalue weighted by Gasteiger charge is 2.42. The molecule has 2 aromatic rings. The van der Waals surface area contributed by atoms with Crippen molar-refractivity contribution in [1.29, 1.82) is 10.5 Å². The number of amides is 1. The predicted octanol–water partition coefficient (Wildman–Crippen LogP) is 3.20. The minimum absolute atomic E-state index is 0.0301. The average molecular weight is 582 g/mol. The van der Waals surface area contributed by atoms with Crippen LogP contribution in [0, 0.1) is 29.6 Å². The van der Waals surface area contributed by atoms with Gasteiger partial charge in [0.1, 0.15) is 17.5 Å². The number of alkyl halides is 3. The zero-order chi connectivity index (χ0) is 30.2. The first-order chi connectivity index (χ1) is 20.0. The van der Waals surface area contributed by atoms with Crippen LogP contribution in [-0.2, 0) is 18.0 Å². The van der Waals surface area contributed by atoms with Gasteiger partial charge in [0.25, 0.3) is 0 Å². The molecule has 3 aliphatic rings. The molecule has 3 fully saturated rings. The molecule has 1 atom stereocenters. The fourth-order valence-corrected chi connectivity index (χ4v) is 6.55. The number of nitrogens with zero attached hydrogens (tertiary/aromatic N) is 9. The summed E-state index contributed by atoms with van der Waals surface area (Å²) < 4.78 is 44.4. The molecule has 0 spiro atoms. The molecule has 0 unspecified atom stereocenters. The van der Waals surface area contributed by atoms with Gasteiger partial charge in [-0.15, -0.1) is 0 Å². The molecule has 42 heavy (non-hydrogen) atoms. The highest BCUT2D eigenvalue weighted by Crippen LogP contribution is 2.40. The lowest BCUT2D eigenvalue weighted by Crippen LogP contribution is -2.65. The molecule has 222 valence electrons. The molecule has 10 nitrogen and oxygen atoms in total. The molecule has 0 radical (unpaired) electrons. The number of hydrogen-bond donors (Lipinski definition) is 0. The van der Waals surface area contributed by atoms with Crippen molar-refractivity contribution < 1.29 is 18.0 Å². The van der Waals surface area contributed by atoms with Crippen LogP contribution in [0.25, 0.3) is 0 Å². The fourth-order valence-electron chi connectivity index (χ4n) is 6.55. The number of aromatic nitrogens is 3. The Balaban J connectivity index is 1.34. The Labute approximate surface area is 243 Å². The summed E-state index contributed by atoms with van der Waals surface area (Å²) in [5.41, 5.74) is 0.876. The summed E-state index contributed by atoms with van der Waals surface area (Å²) in [6, 6.07) is 5.29. The van der Waals surface area contributed by atoms with Crippen molar-refractivity contribution in [2.24, 2.45) is 7.05 Å². The molecule has 3 saturated heterocycles. The van der Waals surface area contributed by atoms with Crippen LogP contribution in [0.2, 0.25) is 0 Å². The van der Waals surface area contributed by atoms with Crippen LogP contribution in [0.4, 0.5) is 24.7 Å². The number of piperidine rings is 1. The first-order valence-corrected chi connectivity index (χ1v) is 14.1. The summed E-state index contributed by atoms with van der Waals surface area (Å²) in [5.74, 6) is 0.273. The summed E-state index contributed by atoms with van der Waals surface area (Å²) >= 11 is 0. The van der Waals surface area contributed by atoms with E-state index < -0.39 is 17.4 Å². The van der Waals surface area contributed by atoms with Crippen molar-refractivity contribution in [2.75, 3.05) is 55.6 Å². The second kappa shape index (κ2) is 11.6. The van der Waals surface area contributed by atoms with Crippen LogP contribution in [0.3, 0.4) is 0 Å². The summed E-state index contributed by atoms with van der Waals surface area (Å²) in [7, 11) is 1.91. The molecule has 3 aliphatic heterocycles. The third kappa shape index (κ3) is 5.53. The second-order valence-corrected chi connectivity index (χ2v) is 11.2. The SMILES string of the molecule is C=CC(=O)N1CCN(C2CN(c3cc(N4CCC(c5c(C)cnn5C)CC4)nc(C(F)(F)F)c3C#N)C2)C[C@@H]1CC#N. The van der Waals surface area contributed by atoms with Gasteiger partial charge in [-0.3, -0.25) is 14.4 Å². The molecule has 0 N–H and O–H groups in total. The van der Waals surface area contributed by atoms with E-state index >= 15 is 0 Å². The lowest BCUT2D eigenvalue weighted by molar-refractivity contribution is -0.141. The first kappa shape index (κ1) is 29.4. The van der Waals surface area contributed by atoms with Crippen LogP contribution in [0.15, 0.2) is 24.9 Å². The van der Waals surface area contributed by atoms with E-state index in [1.165, 1.54) is 6.08 Å². The van der Waals surface area contributed by atoms with E-state index in [-0.39, 0.29) is 41.8 Å². The molecule has 2 aromatic heterocycles. The van der Waals surface area contributed by atoms with E-state index in [0.717, 1.165) is 24.1 Å². The number of anilines is 2. The first-order valence-electron chi connectivity index (χ1n) is 14.1. The number of carbonyl (C=O) groups is 1. The number of nitriles is 2. The van der Waals surface area contributed by atoms with Crippen LogP contribution >= 0.6 is 0 Å². The molecule has 0 aliphatic carbocycles. The molecule has 0 bridgehead atoms. The minimum Gasteiger partial charge on any atom is -0.367 e. The molecule has 13 heteroatoms. The predicted molar refractivity (Wildman–Crippen MR) is 150 cm³/mol. The number of rotatable bonds is 6. The molecule has 0 aromatic carbocycles. The van der Waals surface area contributed by atoms with Gasteiger partial charge >= 0.3 is 6.18 Å². The minimum atomic E-state index is -4.78. The summed E-state index contributed by atoms with van der Waals surface area (Å²) in [6.45, 7) is 9.06. The third-order valence-corrected chi connectivity index (χ3v) is 8.77. The second-order valence-electron chi connectivity index (χ2n) is 11.2. The molecule has 5 rings (SSSR count).